The lowest BCUT2D eigenvalue weighted by atomic mass is 10.3. The zero-order chi connectivity index (χ0) is 11.8. The van der Waals surface area contributed by atoms with E-state index < -0.39 is 0 Å². The number of alkyl halides is 1. The van der Waals surface area contributed by atoms with E-state index in [1.807, 2.05) is 17.5 Å². The summed E-state index contributed by atoms with van der Waals surface area (Å²) in [6, 6.07) is 3.92. The van der Waals surface area contributed by atoms with Crippen LogP contribution >= 0.6 is 22.9 Å². The topological polar surface area (TPSA) is 29.5 Å². The maximum atomic E-state index is 11.9. The Labute approximate surface area is 105 Å². The monoisotopic (exact) mass is 261 g/mol. The molecule has 3 nitrogen and oxygen atoms in total. The number of hydrogen-bond acceptors (Lipinski definition) is 3. The fourth-order valence-electron chi connectivity index (χ4n) is 1.34. The normalized spacial score (nSPS) is 10.4. The molecule has 0 radical (unpaired) electrons. The van der Waals surface area contributed by atoms with Crippen molar-refractivity contribution in [3.8, 4) is 0 Å². The molecular formula is C11H16ClNO2S. The van der Waals surface area contributed by atoms with Gasteiger partial charge in [-0.3, -0.25) is 4.79 Å². The molecule has 1 heterocycles. The van der Waals surface area contributed by atoms with E-state index in [1.54, 1.807) is 23.3 Å². The van der Waals surface area contributed by atoms with Gasteiger partial charge in [-0.05, 0) is 11.4 Å². The summed E-state index contributed by atoms with van der Waals surface area (Å²) in [4.78, 5) is 14.8. The van der Waals surface area contributed by atoms with Gasteiger partial charge < -0.3 is 9.64 Å². The number of ether oxygens (including phenoxy) is 1. The molecule has 16 heavy (non-hydrogen) atoms. The zero-order valence-electron chi connectivity index (χ0n) is 9.32. The molecule has 5 heteroatoms. The minimum absolute atomic E-state index is 0.111. The lowest BCUT2D eigenvalue weighted by Crippen LogP contribution is -2.36. The van der Waals surface area contributed by atoms with Crippen LogP contribution in [0, 0.1) is 0 Å². The van der Waals surface area contributed by atoms with Crippen LogP contribution in [0.1, 0.15) is 4.88 Å². The highest BCUT2D eigenvalue weighted by Crippen LogP contribution is 2.10. The minimum Gasteiger partial charge on any atom is -0.383 e. The maximum absolute atomic E-state index is 11.9. The van der Waals surface area contributed by atoms with Crippen LogP contribution in [0.4, 0.5) is 0 Å². The molecule has 0 bridgehead atoms. The van der Waals surface area contributed by atoms with Gasteiger partial charge >= 0.3 is 0 Å². The van der Waals surface area contributed by atoms with Crippen LogP contribution in [0.25, 0.3) is 0 Å². The van der Waals surface area contributed by atoms with Crippen LogP contribution in [-0.2, 0) is 16.0 Å². The summed E-state index contributed by atoms with van der Waals surface area (Å²) >= 11 is 7.27. The molecular weight excluding hydrogens is 246 g/mol. The molecule has 0 saturated heterocycles. The van der Waals surface area contributed by atoms with Crippen LogP contribution in [0.5, 0.6) is 0 Å². The smallest absolute Gasteiger partial charge is 0.227 e. The summed E-state index contributed by atoms with van der Waals surface area (Å²) in [7, 11) is 1.63. The molecule has 1 rings (SSSR count). The largest absolute Gasteiger partial charge is 0.383 e. The molecule has 1 amide bonds. The Morgan fingerprint density at radius 3 is 2.94 bits per heavy atom. The van der Waals surface area contributed by atoms with Crippen LogP contribution in [-0.4, -0.2) is 43.5 Å². The molecule has 0 unspecified atom stereocenters. The molecule has 1 aromatic heterocycles. The van der Waals surface area contributed by atoms with Crippen molar-refractivity contribution < 1.29 is 9.53 Å². The van der Waals surface area contributed by atoms with E-state index in [-0.39, 0.29) is 5.91 Å². The van der Waals surface area contributed by atoms with Crippen molar-refractivity contribution in [3.63, 3.8) is 0 Å². The molecule has 90 valence electrons. The van der Waals surface area contributed by atoms with E-state index in [4.69, 9.17) is 16.3 Å². The van der Waals surface area contributed by atoms with Crippen LogP contribution in [0.3, 0.4) is 0 Å². The molecule has 0 aliphatic rings. The van der Waals surface area contributed by atoms with Crippen molar-refractivity contribution in [2.45, 2.75) is 6.42 Å². The van der Waals surface area contributed by atoms with Gasteiger partial charge in [-0.2, -0.15) is 0 Å². The highest BCUT2D eigenvalue weighted by atomic mass is 35.5. The lowest BCUT2D eigenvalue weighted by Gasteiger charge is -2.20. The summed E-state index contributed by atoms with van der Waals surface area (Å²) < 4.78 is 4.97. The maximum Gasteiger partial charge on any atom is 0.227 e. The second kappa shape index (κ2) is 7.65. The number of nitrogens with zero attached hydrogens (tertiary/aromatic N) is 1. The lowest BCUT2D eigenvalue weighted by molar-refractivity contribution is -0.130. The van der Waals surface area contributed by atoms with E-state index in [2.05, 4.69) is 0 Å². The fraction of sp³-hybridized carbons (Fsp3) is 0.545. The van der Waals surface area contributed by atoms with Gasteiger partial charge in [-0.15, -0.1) is 22.9 Å². The summed E-state index contributed by atoms with van der Waals surface area (Å²) in [5.41, 5.74) is 0. The van der Waals surface area contributed by atoms with Gasteiger partial charge in [0.1, 0.15) is 0 Å². The molecule has 0 aromatic carbocycles. The SMILES string of the molecule is COCCN(CCCl)C(=O)Cc1cccs1. The Kier molecular flexibility index (Phi) is 6.45. The van der Waals surface area contributed by atoms with Gasteiger partial charge in [0.15, 0.2) is 0 Å². The van der Waals surface area contributed by atoms with Crippen molar-refractivity contribution in [1.29, 1.82) is 0 Å². The first-order valence-electron chi connectivity index (χ1n) is 5.13. The Hall–Kier alpha value is -0.580. The Balaban J connectivity index is 2.46. The highest BCUT2D eigenvalue weighted by Gasteiger charge is 2.13. The van der Waals surface area contributed by atoms with Gasteiger partial charge in [0, 0.05) is 31.0 Å². The average molecular weight is 262 g/mol. The summed E-state index contributed by atoms with van der Waals surface area (Å²) in [6.07, 6.45) is 0.457. The predicted octanol–water partition coefficient (Wildman–Crippen LogP) is 2.00. The fourth-order valence-corrected chi connectivity index (χ4v) is 2.24. The van der Waals surface area contributed by atoms with Gasteiger partial charge in [-0.25, -0.2) is 0 Å². The number of carbonyl (C=O) groups is 1. The molecule has 0 fully saturated rings. The summed E-state index contributed by atoms with van der Waals surface area (Å²) in [5.74, 6) is 0.569. The number of carbonyl (C=O) groups excluding carboxylic acids is 1. The zero-order valence-corrected chi connectivity index (χ0v) is 10.9. The minimum atomic E-state index is 0.111. The Bertz CT molecular complexity index is 303. The standard InChI is InChI=1S/C11H16ClNO2S/c1-15-7-6-13(5-4-12)11(14)9-10-3-2-8-16-10/h2-3,8H,4-7,9H2,1H3. The van der Waals surface area contributed by atoms with Crippen molar-refractivity contribution in [2.24, 2.45) is 0 Å². The molecule has 1 aromatic rings. The molecule has 0 saturated carbocycles. The first-order chi connectivity index (χ1) is 7.77. The second-order valence-electron chi connectivity index (χ2n) is 3.32. The molecule has 0 N–H and O–H groups in total. The van der Waals surface area contributed by atoms with E-state index in [0.717, 1.165) is 4.88 Å². The third-order valence-corrected chi connectivity index (χ3v) is 3.22. The highest BCUT2D eigenvalue weighted by molar-refractivity contribution is 7.10. The van der Waals surface area contributed by atoms with Crippen molar-refractivity contribution in [2.75, 3.05) is 32.7 Å². The molecule has 0 aliphatic carbocycles. The van der Waals surface area contributed by atoms with Gasteiger partial charge in [0.05, 0.1) is 13.0 Å². The van der Waals surface area contributed by atoms with Crippen LogP contribution in [0.2, 0.25) is 0 Å². The second-order valence-corrected chi connectivity index (χ2v) is 4.73. The van der Waals surface area contributed by atoms with Gasteiger partial charge in [0.2, 0.25) is 5.91 Å². The molecule has 0 aliphatic heterocycles. The quantitative estimate of drug-likeness (QED) is 0.703. The number of hydrogen-bond donors (Lipinski definition) is 0. The predicted molar refractivity (Wildman–Crippen MR) is 67.2 cm³/mol. The number of thiophene rings is 1. The summed E-state index contributed by atoms with van der Waals surface area (Å²) in [6.45, 7) is 1.73. The van der Waals surface area contributed by atoms with Crippen molar-refractivity contribution >= 4 is 28.8 Å². The Morgan fingerprint density at radius 2 is 2.38 bits per heavy atom. The van der Waals surface area contributed by atoms with Crippen LogP contribution < -0.4 is 0 Å². The van der Waals surface area contributed by atoms with Crippen molar-refractivity contribution in [3.05, 3.63) is 22.4 Å². The van der Waals surface area contributed by atoms with Gasteiger partial charge in [0.25, 0.3) is 0 Å². The number of rotatable bonds is 7. The first-order valence-corrected chi connectivity index (χ1v) is 6.54. The van der Waals surface area contributed by atoms with Gasteiger partial charge in [-0.1, -0.05) is 6.07 Å². The Morgan fingerprint density at radius 1 is 1.56 bits per heavy atom. The average Bonchev–Trinajstić information content (AvgIpc) is 2.76. The first kappa shape index (κ1) is 13.5. The van der Waals surface area contributed by atoms with E-state index in [1.165, 1.54) is 0 Å². The van der Waals surface area contributed by atoms with E-state index >= 15 is 0 Å². The van der Waals surface area contributed by atoms with Crippen molar-refractivity contribution in [1.82, 2.24) is 4.90 Å². The summed E-state index contributed by atoms with van der Waals surface area (Å²) in [5, 5.41) is 1.98. The van der Waals surface area contributed by atoms with E-state index in [9.17, 15) is 4.79 Å². The number of amides is 1. The number of halogens is 1. The van der Waals surface area contributed by atoms with E-state index in [0.29, 0.717) is 32.0 Å². The number of methoxy groups -OCH3 is 1. The molecule has 0 atom stereocenters. The third-order valence-electron chi connectivity index (χ3n) is 2.18. The van der Waals surface area contributed by atoms with Crippen LogP contribution in [0.15, 0.2) is 17.5 Å². The molecule has 0 spiro atoms. The third kappa shape index (κ3) is 4.51.